The van der Waals surface area contributed by atoms with Crippen molar-refractivity contribution < 1.29 is 9.53 Å². The van der Waals surface area contributed by atoms with E-state index in [0.29, 0.717) is 18.8 Å². The molecule has 0 aromatic heterocycles. The molecule has 0 unspecified atom stereocenters. The third-order valence-electron chi connectivity index (χ3n) is 2.33. The molecule has 0 bridgehead atoms. The highest BCUT2D eigenvalue weighted by molar-refractivity contribution is 5.83. The lowest BCUT2D eigenvalue weighted by Crippen LogP contribution is -2.28. The molecular weight excluding hydrogens is 176 g/mol. The van der Waals surface area contributed by atoms with Crippen molar-refractivity contribution >= 4 is 5.78 Å². The van der Waals surface area contributed by atoms with Crippen molar-refractivity contribution in [1.29, 1.82) is 0 Å². The van der Waals surface area contributed by atoms with Gasteiger partial charge in [0.15, 0.2) is 0 Å². The number of ketones is 1. The summed E-state index contributed by atoms with van der Waals surface area (Å²) in [6.45, 7) is 12.6. The van der Waals surface area contributed by atoms with Gasteiger partial charge in [0.2, 0.25) is 0 Å². The normalized spacial score (nSPS) is 13.0. The molecule has 0 spiro atoms. The highest BCUT2D eigenvalue weighted by Gasteiger charge is 2.25. The van der Waals surface area contributed by atoms with E-state index in [9.17, 15) is 4.79 Å². The van der Waals surface area contributed by atoms with E-state index in [1.165, 1.54) is 0 Å². The fraction of sp³-hybridized carbons (Fsp3) is 0.917. The highest BCUT2D eigenvalue weighted by Crippen LogP contribution is 2.22. The van der Waals surface area contributed by atoms with Crippen LogP contribution in [0.25, 0.3) is 0 Å². The summed E-state index contributed by atoms with van der Waals surface area (Å²) in [5.41, 5.74) is -0.391. The number of carbonyl (C=O) groups is 1. The Bertz CT molecular complexity index is 187. The molecule has 0 saturated heterocycles. The van der Waals surface area contributed by atoms with E-state index in [1.807, 2.05) is 41.5 Å². The monoisotopic (exact) mass is 200 g/mol. The molecule has 0 rings (SSSR count). The van der Waals surface area contributed by atoms with Crippen LogP contribution in [0, 0.1) is 5.41 Å². The Morgan fingerprint density at radius 1 is 1.14 bits per heavy atom. The van der Waals surface area contributed by atoms with Gasteiger partial charge in [0.25, 0.3) is 0 Å². The van der Waals surface area contributed by atoms with Crippen molar-refractivity contribution in [2.24, 2.45) is 5.41 Å². The molecule has 84 valence electrons. The van der Waals surface area contributed by atoms with Gasteiger partial charge in [-0.1, -0.05) is 20.8 Å². The molecule has 0 saturated carbocycles. The third kappa shape index (κ3) is 5.38. The van der Waals surface area contributed by atoms with E-state index in [1.54, 1.807) is 0 Å². The molecule has 2 heteroatoms. The van der Waals surface area contributed by atoms with Gasteiger partial charge < -0.3 is 4.74 Å². The van der Waals surface area contributed by atoms with Gasteiger partial charge in [-0.25, -0.2) is 0 Å². The van der Waals surface area contributed by atoms with E-state index in [-0.39, 0.29) is 11.0 Å². The lowest BCUT2D eigenvalue weighted by molar-refractivity contribution is -0.128. The Morgan fingerprint density at radius 3 is 2.00 bits per heavy atom. The summed E-state index contributed by atoms with van der Waals surface area (Å²) in [5, 5.41) is 0. The van der Waals surface area contributed by atoms with Gasteiger partial charge in [0.1, 0.15) is 5.78 Å². The standard InChI is InChI=1S/C12H24O2/c1-7-14-12(5,6)9-8-10(13)11(2,3)4/h7-9H2,1-6H3. The largest absolute Gasteiger partial charge is 0.376 e. The molecular formula is C12H24O2. The van der Waals surface area contributed by atoms with Crippen LogP contribution in [0.15, 0.2) is 0 Å². The van der Waals surface area contributed by atoms with Gasteiger partial charge in [0, 0.05) is 18.4 Å². The third-order valence-corrected chi connectivity index (χ3v) is 2.33. The lowest BCUT2D eigenvalue weighted by Gasteiger charge is -2.26. The molecule has 0 radical (unpaired) electrons. The summed E-state index contributed by atoms with van der Waals surface area (Å²) in [6.07, 6.45) is 1.41. The van der Waals surface area contributed by atoms with Crippen molar-refractivity contribution in [3.8, 4) is 0 Å². The van der Waals surface area contributed by atoms with Crippen LogP contribution in [0.4, 0.5) is 0 Å². The van der Waals surface area contributed by atoms with Gasteiger partial charge in [-0.15, -0.1) is 0 Å². The SMILES string of the molecule is CCOC(C)(C)CCC(=O)C(C)(C)C. The summed E-state index contributed by atoms with van der Waals surface area (Å²) in [5.74, 6) is 0.310. The first-order chi connectivity index (χ1) is 6.19. The van der Waals surface area contributed by atoms with Crippen LogP contribution in [0.5, 0.6) is 0 Å². The zero-order valence-electron chi connectivity index (χ0n) is 10.4. The maximum absolute atomic E-state index is 11.7. The summed E-state index contributed by atoms with van der Waals surface area (Å²) in [6, 6.07) is 0. The number of hydrogen-bond acceptors (Lipinski definition) is 2. The van der Waals surface area contributed by atoms with Crippen LogP contribution in [0.2, 0.25) is 0 Å². The molecule has 0 aliphatic heterocycles. The predicted molar refractivity (Wildman–Crippen MR) is 59.4 cm³/mol. The quantitative estimate of drug-likeness (QED) is 0.681. The van der Waals surface area contributed by atoms with Crippen LogP contribution in [0.3, 0.4) is 0 Å². The Labute approximate surface area is 88.0 Å². The van der Waals surface area contributed by atoms with Crippen molar-refractivity contribution in [2.45, 2.75) is 60.0 Å². The predicted octanol–water partition coefficient (Wildman–Crippen LogP) is 3.20. The molecule has 2 nitrogen and oxygen atoms in total. The number of hydrogen-bond donors (Lipinski definition) is 0. The van der Waals surface area contributed by atoms with E-state index < -0.39 is 0 Å². The van der Waals surface area contributed by atoms with Crippen molar-refractivity contribution in [3.05, 3.63) is 0 Å². The molecule has 0 heterocycles. The van der Waals surface area contributed by atoms with Crippen molar-refractivity contribution in [1.82, 2.24) is 0 Å². The second kappa shape index (κ2) is 4.92. The molecule has 0 aliphatic carbocycles. The van der Waals surface area contributed by atoms with Crippen LogP contribution < -0.4 is 0 Å². The van der Waals surface area contributed by atoms with Gasteiger partial charge >= 0.3 is 0 Å². The van der Waals surface area contributed by atoms with E-state index >= 15 is 0 Å². The number of Topliss-reactive ketones (excluding diaryl/α,β-unsaturated/α-hetero) is 1. The molecule has 0 aromatic carbocycles. The minimum absolute atomic E-state index is 0.171. The number of ether oxygens (including phenoxy) is 1. The molecule has 0 aromatic rings. The summed E-state index contributed by atoms with van der Waals surface area (Å²) in [7, 11) is 0. The van der Waals surface area contributed by atoms with E-state index in [0.717, 1.165) is 6.42 Å². The van der Waals surface area contributed by atoms with Gasteiger partial charge in [0.05, 0.1) is 5.60 Å². The Morgan fingerprint density at radius 2 is 1.64 bits per heavy atom. The maximum Gasteiger partial charge on any atom is 0.138 e. The zero-order chi connectivity index (χ0) is 11.4. The maximum atomic E-state index is 11.7. The Kier molecular flexibility index (Phi) is 4.79. The molecule has 0 N–H and O–H groups in total. The second-order valence-electron chi connectivity index (χ2n) is 5.37. The van der Waals surface area contributed by atoms with Crippen molar-refractivity contribution in [3.63, 3.8) is 0 Å². The smallest absolute Gasteiger partial charge is 0.138 e. The number of carbonyl (C=O) groups excluding carboxylic acids is 1. The van der Waals surface area contributed by atoms with Crippen LogP contribution in [-0.4, -0.2) is 18.0 Å². The molecule has 0 atom stereocenters. The first-order valence-electron chi connectivity index (χ1n) is 5.36. The fourth-order valence-electron chi connectivity index (χ4n) is 1.25. The van der Waals surface area contributed by atoms with Crippen molar-refractivity contribution in [2.75, 3.05) is 6.61 Å². The van der Waals surface area contributed by atoms with Gasteiger partial charge in [-0.3, -0.25) is 4.79 Å². The minimum atomic E-state index is -0.220. The fourth-order valence-corrected chi connectivity index (χ4v) is 1.25. The first kappa shape index (κ1) is 13.6. The van der Waals surface area contributed by atoms with E-state index in [2.05, 4.69) is 0 Å². The minimum Gasteiger partial charge on any atom is -0.376 e. The molecule has 0 fully saturated rings. The van der Waals surface area contributed by atoms with Crippen LogP contribution >= 0.6 is 0 Å². The average Bonchev–Trinajstić information content (AvgIpc) is 1.98. The zero-order valence-corrected chi connectivity index (χ0v) is 10.4. The Hall–Kier alpha value is -0.370. The van der Waals surface area contributed by atoms with Crippen LogP contribution in [-0.2, 0) is 9.53 Å². The number of rotatable bonds is 5. The van der Waals surface area contributed by atoms with E-state index in [4.69, 9.17) is 4.74 Å². The lowest BCUT2D eigenvalue weighted by atomic mass is 9.86. The Balaban J connectivity index is 4.00. The first-order valence-corrected chi connectivity index (χ1v) is 5.36. The van der Waals surface area contributed by atoms with Gasteiger partial charge in [-0.05, 0) is 27.2 Å². The highest BCUT2D eigenvalue weighted by atomic mass is 16.5. The summed E-state index contributed by atoms with van der Waals surface area (Å²) in [4.78, 5) is 11.7. The van der Waals surface area contributed by atoms with Gasteiger partial charge in [-0.2, -0.15) is 0 Å². The molecule has 0 aliphatic rings. The second-order valence-corrected chi connectivity index (χ2v) is 5.37. The topological polar surface area (TPSA) is 26.3 Å². The molecule has 14 heavy (non-hydrogen) atoms. The van der Waals surface area contributed by atoms with Crippen LogP contribution in [0.1, 0.15) is 54.4 Å². The summed E-state index contributed by atoms with van der Waals surface area (Å²) >= 11 is 0. The molecule has 0 amide bonds. The summed E-state index contributed by atoms with van der Waals surface area (Å²) < 4.78 is 5.54. The average molecular weight is 200 g/mol.